The predicted molar refractivity (Wildman–Crippen MR) is 73.4 cm³/mol. The first-order valence-corrected chi connectivity index (χ1v) is 6.48. The fraction of sp³-hybridized carbons (Fsp3) is 0.533. The van der Waals surface area contributed by atoms with E-state index in [0.29, 0.717) is 12.5 Å². The Kier molecular flexibility index (Phi) is 5.86. The number of hydrogen-bond donors (Lipinski definition) is 1. The Morgan fingerprint density at radius 1 is 1.17 bits per heavy atom. The number of carboxylic acids is 1. The van der Waals surface area contributed by atoms with Crippen LogP contribution in [-0.4, -0.2) is 29.1 Å². The van der Waals surface area contributed by atoms with Crippen molar-refractivity contribution >= 4 is 5.97 Å². The quantitative estimate of drug-likeness (QED) is 0.807. The van der Waals surface area contributed by atoms with Crippen LogP contribution in [0.2, 0.25) is 0 Å². The number of rotatable bonds is 7. The molecule has 1 atom stereocenters. The second-order valence-electron chi connectivity index (χ2n) is 5.31. The minimum Gasteiger partial charge on any atom is -0.481 e. The topological polar surface area (TPSA) is 40.5 Å². The largest absolute Gasteiger partial charge is 0.481 e. The normalized spacial score (nSPS) is 12.9. The van der Waals surface area contributed by atoms with Gasteiger partial charge in [-0.2, -0.15) is 0 Å². The number of aliphatic carboxylic acids is 1. The molecule has 3 nitrogen and oxygen atoms in total. The molecule has 1 rings (SSSR count). The molecule has 1 aromatic rings. The number of carbonyl (C=O) groups is 1. The maximum atomic E-state index is 10.9. The molecule has 3 heteroatoms. The van der Waals surface area contributed by atoms with Gasteiger partial charge in [-0.3, -0.25) is 9.69 Å². The maximum Gasteiger partial charge on any atom is 0.307 e. The van der Waals surface area contributed by atoms with Gasteiger partial charge in [0, 0.05) is 19.6 Å². The summed E-state index contributed by atoms with van der Waals surface area (Å²) in [5, 5.41) is 9.00. The first-order valence-electron chi connectivity index (χ1n) is 6.48. The van der Waals surface area contributed by atoms with Crippen LogP contribution in [0.15, 0.2) is 30.3 Å². The van der Waals surface area contributed by atoms with Crippen LogP contribution in [0.25, 0.3) is 0 Å². The maximum absolute atomic E-state index is 10.9. The van der Waals surface area contributed by atoms with Crippen LogP contribution >= 0.6 is 0 Å². The standard InChI is InChI=1S/C15H23NO2/c1-12(2)9-16(10-13(3)15(17)18)11-14-7-5-4-6-8-14/h4-8,12-13H,9-11H2,1-3H3,(H,17,18). The molecule has 0 heterocycles. The summed E-state index contributed by atoms with van der Waals surface area (Å²) in [6.45, 7) is 8.42. The highest BCUT2D eigenvalue weighted by Gasteiger charge is 2.17. The fourth-order valence-electron chi connectivity index (χ4n) is 2.03. The average Bonchev–Trinajstić information content (AvgIpc) is 2.29. The molecule has 0 bridgehead atoms. The van der Waals surface area contributed by atoms with Gasteiger partial charge < -0.3 is 5.11 Å². The van der Waals surface area contributed by atoms with Gasteiger partial charge in [-0.25, -0.2) is 0 Å². The first-order chi connectivity index (χ1) is 8.49. The van der Waals surface area contributed by atoms with Crippen molar-refractivity contribution in [3.05, 3.63) is 35.9 Å². The molecule has 0 aliphatic carbocycles. The molecule has 1 unspecified atom stereocenters. The number of benzene rings is 1. The summed E-state index contributed by atoms with van der Waals surface area (Å²) in [4.78, 5) is 13.2. The Hall–Kier alpha value is -1.35. The van der Waals surface area contributed by atoms with E-state index in [2.05, 4.69) is 30.9 Å². The third-order valence-corrected chi connectivity index (χ3v) is 2.83. The highest BCUT2D eigenvalue weighted by molar-refractivity contribution is 5.69. The van der Waals surface area contributed by atoms with E-state index in [1.54, 1.807) is 6.92 Å². The lowest BCUT2D eigenvalue weighted by Gasteiger charge is -2.26. The van der Waals surface area contributed by atoms with Crippen molar-refractivity contribution in [3.8, 4) is 0 Å². The van der Waals surface area contributed by atoms with Crippen molar-refractivity contribution in [1.29, 1.82) is 0 Å². The van der Waals surface area contributed by atoms with E-state index < -0.39 is 5.97 Å². The molecule has 0 saturated carbocycles. The van der Waals surface area contributed by atoms with E-state index in [9.17, 15) is 4.79 Å². The second-order valence-corrected chi connectivity index (χ2v) is 5.31. The smallest absolute Gasteiger partial charge is 0.307 e. The summed E-state index contributed by atoms with van der Waals surface area (Å²) < 4.78 is 0. The summed E-state index contributed by atoms with van der Waals surface area (Å²) in [7, 11) is 0. The van der Waals surface area contributed by atoms with Crippen LogP contribution in [-0.2, 0) is 11.3 Å². The average molecular weight is 249 g/mol. The highest BCUT2D eigenvalue weighted by atomic mass is 16.4. The van der Waals surface area contributed by atoms with E-state index in [-0.39, 0.29) is 5.92 Å². The third kappa shape index (κ3) is 5.32. The van der Waals surface area contributed by atoms with Crippen LogP contribution < -0.4 is 0 Å². The molecule has 0 aliphatic rings. The lowest BCUT2D eigenvalue weighted by molar-refractivity contribution is -0.141. The van der Waals surface area contributed by atoms with E-state index in [1.807, 2.05) is 18.2 Å². The summed E-state index contributed by atoms with van der Waals surface area (Å²) in [5.41, 5.74) is 1.23. The molecule has 18 heavy (non-hydrogen) atoms. The predicted octanol–water partition coefficient (Wildman–Crippen LogP) is 2.87. The lowest BCUT2D eigenvalue weighted by Crippen LogP contribution is -2.34. The third-order valence-electron chi connectivity index (χ3n) is 2.83. The zero-order valence-corrected chi connectivity index (χ0v) is 11.5. The van der Waals surface area contributed by atoms with Crippen molar-refractivity contribution in [1.82, 2.24) is 4.90 Å². The molecule has 0 amide bonds. The SMILES string of the molecule is CC(C)CN(Cc1ccccc1)CC(C)C(=O)O. The number of carboxylic acid groups (broad SMARTS) is 1. The van der Waals surface area contributed by atoms with Crippen molar-refractivity contribution in [2.45, 2.75) is 27.3 Å². The lowest BCUT2D eigenvalue weighted by atomic mass is 10.1. The van der Waals surface area contributed by atoms with Gasteiger partial charge in [-0.1, -0.05) is 51.1 Å². The van der Waals surface area contributed by atoms with E-state index >= 15 is 0 Å². The Bertz CT molecular complexity index is 362. The van der Waals surface area contributed by atoms with Crippen LogP contribution in [0, 0.1) is 11.8 Å². The molecule has 0 aromatic heterocycles. The molecule has 0 fully saturated rings. The van der Waals surface area contributed by atoms with Crippen LogP contribution in [0.3, 0.4) is 0 Å². The molecule has 100 valence electrons. The van der Waals surface area contributed by atoms with E-state index in [0.717, 1.165) is 13.1 Å². The van der Waals surface area contributed by atoms with Crippen molar-refractivity contribution < 1.29 is 9.90 Å². The zero-order valence-electron chi connectivity index (χ0n) is 11.5. The van der Waals surface area contributed by atoms with Gasteiger partial charge in [0.15, 0.2) is 0 Å². The van der Waals surface area contributed by atoms with Crippen molar-refractivity contribution in [2.75, 3.05) is 13.1 Å². The molecule has 0 spiro atoms. The van der Waals surface area contributed by atoms with Gasteiger partial charge in [0.1, 0.15) is 0 Å². The van der Waals surface area contributed by atoms with Gasteiger partial charge in [-0.15, -0.1) is 0 Å². The molecule has 1 N–H and O–H groups in total. The monoisotopic (exact) mass is 249 g/mol. The Morgan fingerprint density at radius 2 is 1.78 bits per heavy atom. The van der Waals surface area contributed by atoms with Gasteiger partial charge in [0.25, 0.3) is 0 Å². The zero-order chi connectivity index (χ0) is 13.5. The van der Waals surface area contributed by atoms with E-state index in [1.165, 1.54) is 5.56 Å². The number of nitrogens with zero attached hydrogens (tertiary/aromatic N) is 1. The molecule has 1 aromatic carbocycles. The Morgan fingerprint density at radius 3 is 2.28 bits per heavy atom. The minimum absolute atomic E-state index is 0.326. The van der Waals surface area contributed by atoms with Crippen LogP contribution in [0.4, 0.5) is 0 Å². The Balaban J connectivity index is 2.63. The van der Waals surface area contributed by atoms with E-state index in [4.69, 9.17) is 5.11 Å². The van der Waals surface area contributed by atoms with Gasteiger partial charge >= 0.3 is 5.97 Å². The molecular formula is C15H23NO2. The van der Waals surface area contributed by atoms with Crippen molar-refractivity contribution in [3.63, 3.8) is 0 Å². The summed E-state index contributed by atoms with van der Waals surface area (Å²) in [5.74, 6) is -0.515. The highest BCUT2D eigenvalue weighted by Crippen LogP contribution is 2.10. The van der Waals surface area contributed by atoms with Gasteiger partial charge in [-0.05, 0) is 11.5 Å². The minimum atomic E-state index is -0.725. The number of hydrogen-bond acceptors (Lipinski definition) is 2. The fourth-order valence-corrected chi connectivity index (χ4v) is 2.03. The molecule has 0 radical (unpaired) electrons. The second kappa shape index (κ2) is 7.17. The van der Waals surface area contributed by atoms with Crippen LogP contribution in [0.5, 0.6) is 0 Å². The summed E-state index contributed by atoms with van der Waals surface area (Å²) in [6, 6.07) is 10.2. The Labute approximate surface area is 109 Å². The molecule has 0 aliphatic heterocycles. The molecular weight excluding hydrogens is 226 g/mol. The van der Waals surface area contributed by atoms with Crippen molar-refractivity contribution in [2.24, 2.45) is 11.8 Å². The van der Waals surface area contributed by atoms with Crippen LogP contribution in [0.1, 0.15) is 26.3 Å². The summed E-state index contributed by atoms with van der Waals surface area (Å²) in [6.07, 6.45) is 0. The van der Waals surface area contributed by atoms with Gasteiger partial charge in [0.05, 0.1) is 5.92 Å². The first kappa shape index (κ1) is 14.7. The molecule has 0 saturated heterocycles. The summed E-state index contributed by atoms with van der Waals surface area (Å²) >= 11 is 0. The van der Waals surface area contributed by atoms with Gasteiger partial charge in [0.2, 0.25) is 0 Å².